The third-order valence-electron chi connectivity index (χ3n) is 7.34. The Kier molecular flexibility index (Phi) is 7.65. The number of hydrogen-bond donors (Lipinski definition) is 2. The zero-order valence-corrected chi connectivity index (χ0v) is 22.5. The number of aryl methyl sites for hydroxylation is 3. The van der Waals surface area contributed by atoms with Gasteiger partial charge in [-0.2, -0.15) is 18.3 Å². The summed E-state index contributed by atoms with van der Waals surface area (Å²) in [6, 6.07) is 11.2. The highest BCUT2D eigenvalue weighted by Gasteiger charge is 2.44. The Morgan fingerprint density at radius 1 is 1.12 bits per heavy atom. The minimum Gasteiger partial charge on any atom is -0.489 e. The van der Waals surface area contributed by atoms with E-state index in [2.05, 4.69) is 5.10 Å². The van der Waals surface area contributed by atoms with Gasteiger partial charge < -0.3 is 14.9 Å². The second-order valence-electron chi connectivity index (χ2n) is 9.86. The Labute approximate surface area is 229 Å². The van der Waals surface area contributed by atoms with Crippen LogP contribution in [-0.2, 0) is 41.3 Å². The van der Waals surface area contributed by atoms with Crippen molar-refractivity contribution in [2.24, 2.45) is 7.05 Å². The number of carboxylic acids is 2. The quantitative estimate of drug-likeness (QED) is 0.342. The number of halogens is 3. The van der Waals surface area contributed by atoms with E-state index in [0.29, 0.717) is 40.0 Å². The summed E-state index contributed by atoms with van der Waals surface area (Å²) in [7, 11) is 1.24. The van der Waals surface area contributed by atoms with Gasteiger partial charge in [-0.3, -0.25) is 9.48 Å². The molecule has 10 heteroatoms. The summed E-state index contributed by atoms with van der Waals surface area (Å²) >= 11 is 0. The highest BCUT2D eigenvalue weighted by atomic mass is 19.4. The van der Waals surface area contributed by atoms with Crippen LogP contribution >= 0.6 is 0 Å². The van der Waals surface area contributed by atoms with Crippen molar-refractivity contribution in [3.8, 4) is 17.0 Å². The molecule has 1 heterocycles. The smallest absolute Gasteiger partial charge is 0.433 e. The number of carbonyl (C=O) groups is 2. The number of carboxylic acid groups (broad SMARTS) is 2. The molecule has 1 aliphatic rings. The first kappa shape index (κ1) is 28.7. The molecule has 0 bridgehead atoms. The number of aliphatic carboxylic acids is 2. The van der Waals surface area contributed by atoms with E-state index in [1.165, 1.54) is 19.2 Å². The molecule has 0 spiro atoms. The van der Waals surface area contributed by atoms with E-state index in [1.54, 1.807) is 44.2 Å². The first-order valence-electron chi connectivity index (χ1n) is 12.6. The fourth-order valence-electron chi connectivity index (χ4n) is 5.08. The predicted molar refractivity (Wildman–Crippen MR) is 142 cm³/mol. The number of ether oxygens (including phenoxy) is 1. The molecule has 0 aliphatic heterocycles. The van der Waals surface area contributed by atoms with Crippen LogP contribution in [0.4, 0.5) is 13.2 Å². The minimum absolute atomic E-state index is 0.00924. The monoisotopic (exact) mass is 554 g/mol. The van der Waals surface area contributed by atoms with Crippen molar-refractivity contribution in [2.75, 3.05) is 0 Å². The maximum Gasteiger partial charge on any atom is 0.433 e. The molecular formula is C30H29F3N2O5. The lowest BCUT2D eigenvalue weighted by molar-refractivity contribution is -0.144. The standard InChI is InChI=1S/C30H29F3N2O5/c1-5-19-7-6-8-23(29(28(38)39)12-11-17(2)21(15-29)27(36)37)22(19)16-40-25-10-9-20(13-18(25)3)24-14-26(30(31,32)33)35(4)34-24/h6-14H,5,15-16H2,1-4H3,(H,36,37)(H,38,39). The normalized spacial score (nSPS) is 17.3. The van der Waals surface area contributed by atoms with Gasteiger partial charge in [0, 0.05) is 24.6 Å². The number of rotatable bonds is 8. The molecule has 7 nitrogen and oxygen atoms in total. The summed E-state index contributed by atoms with van der Waals surface area (Å²) in [5, 5.41) is 24.1. The lowest BCUT2D eigenvalue weighted by Crippen LogP contribution is -2.38. The molecule has 1 aliphatic carbocycles. The molecule has 0 radical (unpaired) electrons. The van der Waals surface area contributed by atoms with Crippen LogP contribution in [0.1, 0.15) is 48.2 Å². The average molecular weight is 555 g/mol. The van der Waals surface area contributed by atoms with Gasteiger partial charge >= 0.3 is 18.1 Å². The SMILES string of the molecule is CCc1cccc(C2(C(=O)O)C=CC(C)=C(C(=O)O)C2)c1COc1ccc(-c2cc(C(F)(F)F)n(C)n2)cc1C. The number of allylic oxidation sites excluding steroid dienone is 2. The van der Waals surface area contributed by atoms with Gasteiger partial charge in [0.05, 0.1) is 5.69 Å². The molecule has 4 rings (SSSR count). The van der Waals surface area contributed by atoms with Crippen molar-refractivity contribution in [2.45, 2.75) is 51.8 Å². The van der Waals surface area contributed by atoms with Gasteiger partial charge in [0.2, 0.25) is 0 Å². The molecule has 1 unspecified atom stereocenters. The van der Waals surface area contributed by atoms with E-state index in [4.69, 9.17) is 4.74 Å². The fraction of sp³-hybridized carbons (Fsp3) is 0.300. The molecule has 1 aromatic heterocycles. The van der Waals surface area contributed by atoms with Gasteiger partial charge in [0.25, 0.3) is 0 Å². The largest absolute Gasteiger partial charge is 0.489 e. The van der Waals surface area contributed by atoms with E-state index < -0.39 is 29.2 Å². The van der Waals surface area contributed by atoms with Gasteiger partial charge in [-0.25, -0.2) is 4.79 Å². The Hall–Kier alpha value is -4.34. The van der Waals surface area contributed by atoms with Crippen molar-refractivity contribution < 1.29 is 37.7 Å². The van der Waals surface area contributed by atoms with Gasteiger partial charge in [0.1, 0.15) is 23.5 Å². The molecule has 210 valence electrons. The molecule has 0 fully saturated rings. The molecule has 0 amide bonds. The Balaban J connectivity index is 1.68. The lowest BCUT2D eigenvalue weighted by Gasteiger charge is -2.33. The summed E-state index contributed by atoms with van der Waals surface area (Å²) in [4.78, 5) is 24.6. The zero-order valence-electron chi connectivity index (χ0n) is 22.5. The van der Waals surface area contributed by atoms with E-state index in [0.717, 1.165) is 16.3 Å². The van der Waals surface area contributed by atoms with Crippen molar-refractivity contribution in [3.63, 3.8) is 0 Å². The maximum absolute atomic E-state index is 13.2. The number of aromatic nitrogens is 2. The third kappa shape index (κ3) is 5.25. The van der Waals surface area contributed by atoms with Crippen LogP contribution < -0.4 is 4.74 Å². The first-order chi connectivity index (χ1) is 18.8. The number of benzene rings is 2. The van der Waals surface area contributed by atoms with Crippen molar-refractivity contribution >= 4 is 11.9 Å². The number of nitrogens with zero attached hydrogens (tertiary/aromatic N) is 2. The van der Waals surface area contributed by atoms with E-state index in [-0.39, 0.29) is 24.3 Å². The van der Waals surface area contributed by atoms with Gasteiger partial charge in [-0.1, -0.05) is 37.3 Å². The van der Waals surface area contributed by atoms with E-state index in [1.807, 2.05) is 13.0 Å². The van der Waals surface area contributed by atoms with Crippen LogP contribution in [0.5, 0.6) is 5.75 Å². The van der Waals surface area contributed by atoms with E-state index in [9.17, 15) is 33.0 Å². The summed E-state index contributed by atoms with van der Waals surface area (Å²) < 4.78 is 46.6. The van der Waals surface area contributed by atoms with Crippen LogP contribution in [0, 0.1) is 6.92 Å². The zero-order chi connectivity index (χ0) is 29.4. The molecule has 0 saturated heterocycles. The second-order valence-corrected chi connectivity index (χ2v) is 9.86. The predicted octanol–water partition coefficient (Wildman–Crippen LogP) is 6.24. The average Bonchev–Trinajstić information content (AvgIpc) is 3.30. The van der Waals surface area contributed by atoms with Crippen LogP contribution in [0.15, 0.2) is 65.8 Å². The molecule has 3 aromatic rings. The third-order valence-corrected chi connectivity index (χ3v) is 7.34. The molecule has 2 N–H and O–H groups in total. The summed E-state index contributed by atoms with van der Waals surface area (Å²) in [5.74, 6) is -1.86. The van der Waals surface area contributed by atoms with Gasteiger partial charge in [-0.15, -0.1) is 0 Å². The van der Waals surface area contributed by atoms with Crippen molar-refractivity contribution in [3.05, 3.63) is 93.7 Å². The fourth-order valence-corrected chi connectivity index (χ4v) is 5.08. The van der Waals surface area contributed by atoms with Crippen LogP contribution in [0.2, 0.25) is 0 Å². The van der Waals surface area contributed by atoms with Crippen LogP contribution in [-0.4, -0.2) is 31.9 Å². The summed E-state index contributed by atoms with van der Waals surface area (Å²) in [6.07, 6.45) is -1.07. The molecular weight excluding hydrogens is 525 g/mol. The molecule has 2 aromatic carbocycles. The van der Waals surface area contributed by atoms with Gasteiger partial charge in [-0.05, 0) is 72.4 Å². The van der Waals surface area contributed by atoms with Gasteiger partial charge in [0.15, 0.2) is 0 Å². The topological polar surface area (TPSA) is 102 Å². The van der Waals surface area contributed by atoms with Crippen molar-refractivity contribution in [1.29, 1.82) is 0 Å². The second kappa shape index (κ2) is 10.7. The van der Waals surface area contributed by atoms with Crippen molar-refractivity contribution in [1.82, 2.24) is 9.78 Å². The Bertz CT molecular complexity index is 1550. The van der Waals surface area contributed by atoms with Crippen LogP contribution in [0.25, 0.3) is 11.3 Å². The number of hydrogen-bond acceptors (Lipinski definition) is 4. The minimum atomic E-state index is -4.52. The van der Waals surface area contributed by atoms with E-state index >= 15 is 0 Å². The first-order valence-corrected chi connectivity index (χ1v) is 12.6. The maximum atomic E-state index is 13.2. The number of alkyl halides is 3. The Morgan fingerprint density at radius 3 is 2.42 bits per heavy atom. The molecule has 0 saturated carbocycles. The summed E-state index contributed by atoms with van der Waals surface area (Å²) in [5.41, 5.74) is 1.36. The highest BCUT2D eigenvalue weighted by Crippen LogP contribution is 2.41. The Morgan fingerprint density at radius 2 is 1.85 bits per heavy atom. The molecule has 1 atom stereocenters. The highest BCUT2D eigenvalue weighted by molar-refractivity contribution is 5.94. The molecule has 40 heavy (non-hydrogen) atoms. The lowest BCUT2D eigenvalue weighted by atomic mass is 9.69. The van der Waals surface area contributed by atoms with Crippen LogP contribution in [0.3, 0.4) is 0 Å². The summed E-state index contributed by atoms with van der Waals surface area (Å²) in [6.45, 7) is 5.34.